The van der Waals surface area contributed by atoms with Gasteiger partial charge in [0.1, 0.15) is 18.1 Å². The Bertz CT molecular complexity index is 822. The van der Waals surface area contributed by atoms with Gasteiger partial charge in [0.2, 0.25) is 0 Å². The van der Waals surface area contributed by atoms with Crippen LogP contribution >= 0.6 is 24.0 Å². The van der Waals surface area contributed by atoms with Crippen molar-refractivity contribution in [3.8, 4) is 11.5 Å². The molecule has 172 valence electrons. The predicted molar refractivity (Wildman–Crippen MR) is 129 cm³/mol. The SMILES string of the molecule is CCNC(=NCc1cccc(OC(F)F)c1)NCc1ccc(C)cc1OCCOC.I. The lowest BCUT2D eigenvalue weighted by Crippen LogP contribution is -2.36. The number of aliphatic imine (C=N–C) groups is 1. The summed E-state index contributed by atoms with van der Waals surface area (Å²) in [6.45, 7) is 3.64. The Morgan fingerprint density at radius 2 is 1.90 bits per heavy atom. The Labute approximate surface area is 199 Å². The molecule has 0 saturated carbocycles. The van der Waals surface area contributed by atoms with Crippen molar-refractivity contribution < 1.29 is 23.0 Å². The van der Waals surface area contributed by atoms with Gasteiger partial charge in [-0.25, -0.2) is 4.99 Å². The van der Waals surface area contributed by atoms with Crippen LogP contribution in [0.3, 0.4) is 0 Å². The molecule has 0 radical (unpaired) electrons. The first-order chi connectivity index (χ1) is 14.5. The first-order valence-corrected chi connectivity index (χ1v) is 9.79. The van der Waals surface area contributed by atoms with Gasteiger partial charge in [-0.3, -0.25) is 0 Å². The summed E-state index contributed by atoms with van der Waals surface area (Å²) >= 11 is 0. The average molecular weight is 549 g/mol. The molecule has 0 spiro atoms. The third kappa shape index (κ3) is 10.1. The van der Waals surface area contributed by atoms with Crippen LogP contribution in [0.15, 0.2) is 47.5 Å². The molecular weight excluding hydrogens is 519 g/mol. The fourth-order valence-electron chi connectivity index (χ4n) is 2.69. The van der Waals surface area contributed by atoms with Crippen molar-refractivity contribution in [3.63, 3.8) is 0 Å². The van der Waals surface area contributed by atoms with Crippen molar-refractivity contribution in [2.75, 3.05) is 26.9 Å². The van der Waals surface area contributed by atoms with E-state index in [-0.39, 0.29) is 29.7 Å². The van der Waals surface area contributed by atoms with E-state index < -0.39 is 6.61 Å². The van der Waals surface area contributed by atoms with Crippen LogP contribution in [0.4, 0.5) is 8.78 Å². The summed E-state index contributed by atoms with van der Waals surface area (Å²) in [7, 11) is 1.64. The molecule has 0 aromatic heterocycles. The summed E-state index contributed by atoms with van der Waals surface area (Å²) in [4.78, 5) is 4.53. The number of halogens is 3. The van der Waals surface area contributed by atoms with Crippen molar-refractivity contribution in [1.82, 2.24) is 10.6 Å². The third-order valence-electron chi connectivity index (χ3n) is 4.10. The topological polar surface area (TPSA) is 64.1 Å². The van der Waals surface area contributed by atoms with E-state index in [2.05, 4.69) is 20.4 Å². The zero-order chi connectivity index (χ0) is 21.8. The van der Waals surface area contributed by atoms with Gasteiger partial charge in [0.25, 0.3) is 0 Å². The highest BCUT2D eigenvalue weighted by molar-refractivity contribution is 14.0. The lowest BCUT2D eigenvalue weighted by Gasteiger charge is -2.15. The second-order valence-electron chi connectivity index (χ2n) is 6.53. The number of hydrogen-bond acceptors (Lipinski definition) is 4. The van der Waals surface area contributed by atoms with Crippen LogP contribution in [-0.4, -0.2) is 39.4 Å². The Balaban J connectivity index is 0.00000480. The highest BCUT2D eigenvalue weighted by atomic mass is 127. The van der Waals surface area contributed by atoms with E-state index in [0.29, 0.717) is 38.8 Å². The van der Waals surface area contributed by atoms with E-state index in [1.54, 1.807) is 19.2 Å². The minimum atomic E-state index is -2.85. The van der Waals surface area contributed by atoms with Crippen molar-refractivity contribution >= 4 is 29.9 Å². The molecule has 0 saturated heterocycles. The number of aryl methyl sites for hydroxylation is 1. The van der Waals surface area contributed by atoms with Gasteiger partial charge in [-0.2, -0.15) is 8.78 Å². The summed E-state index contributed by atoms with van der Waals surface area (Å²) in [6, 6.07) is 12.6. The van der Waals surface area contributed by atoms with E-state index in [0.717, 1.165) is 22.4 Å². The smallest absolute Gasteiger partial charge is 0.387 e. The lowest BCUT2D eigenvalue weighted by molar-refractivity contribution is -0.0498. The molecule has 31 heavy (non-hydrogen) atoms. The van der Waals surface area contributed by atoms with Gasteiger partial charge < -0.3 is 24.8 Å². The zero-order valence-electron chi connectivity index (χ0n) is 18.0. The molecule has 9 heteroatoms. The quantitative estimate of drug-likeness (QED) is 0.187. The molecule has 2 aromatic rings. The van der Waals surface area contributed by atoms with Crippen molar-refractivity contribution in [3.05, 3.63) is 59.2 Å². The van der Waals surface area contributed by atoms with Crippen LogP contribution in [0.5, 0.6) is 11.5 Å². The number of ether oxygens (including phenoxy) is 3. The highest BCUT2D eigenvalue weighted by Crippen LogP contribution is 2.20. The molecule has 0 atom stereocenters. The zero-order valence-corrected chi connectivity index (χ0v) is 20.3. The fourth-order valence-corrected chi connectivity index (χ4v) is 2.69. The predicted octanol–water partition coefficient (Wildman–Crippen LogP) is 4.49. The number of guanidine groups is 1. The van der Waals surface area contributed by atoms with Gasteiger partial charge in [0.05, 0.1) is 13.2 Å². The van der Waals surface area contributed by atoms with Crippen LogP contribution < -0.4 is 20.1 Å². The summed E-state index contributed by atoms with van der Waals surface area (Å²) in [5, 5.41) is 6.46. The number of alkyl halides is 2. The first kappa shape index (κ1) is 26.9. The monoisotopic (exact) mass is 549 g/mol. The van der Waals surface area contributed by atoms with E-state index in [4.69, 9.17) is 9.47 Å². The Hall–Kier alpha value is -2.14. The normalized spacial score (nSPS) is 11.1. The molecule has 0 amide bonds. The van der Waals surface area contributed by atoms with Crippen LogP contribution in [0.2, 0.25) is 0 Å². The molecule has 6 nitrogen and oxygen atoms in total. The molecule has 0 bridgehead atoms. The standard InChI is InChI=1S/C22H29F2N3O3.HI/c1-4-25-22(26-14-17-6-5-7-19(13-17)30-21(23)24)27-15-18-9-8-16(2)12-20(18)29-11-10-28-3;/h5-9,12-13,21H,4,10-11,14-15H2,1-3H3,(H2,25,26,27);1H. The minimum absolute atomic E-state index is 0. The minimum Gasteiger partial charge on any atom is -0.491 e. The lowest BCUT2D eigenvalue weighted by atomic mass is 10.1. The third-order valence-corrected chi connectivity index (χ3v) is 4.10. The van der Waals surface area contributed by atoms with Crippen LogP contribution in [0.1, 0.15) is 23.6 Å². The van der Waals surface area contributed by atoms with Crippen molar-refractivity contribution in [1.29, 1.82) is 0 Å². The summed E-state index contributed by atoms with van der Waals surface area (Å²) < 4.78 is 40.1. The molecule has 0 fully saturated rings. The van der Waals surface area contributed by atoms with Crippen LogP contribution in [0.25, 0.3) is 0 Å². The van der Waals surface area contributed by atoms with E-state index in [1.165, 1.54) is 6.07 Å². The molecular formula is C22H30F2IN3O3. The van der Waals surface area contributed by atoms with Gasteiger partial charge in [-0.05, 0) is 43.2 Å². The second-order valence-corrected chi connectivity index (χ2v) is 6.53. The Morgan fingerprint density at radius 3 is 2.61 bits per heavy atom. The number of rotatable bonds is 11. The van der Waals surface area contributed by atoms with Crippen LogP contribution in [-0.2, 0) is 17.8 Å². The maximum absolute atomic E-state index is 12.4. The highest BCUT2D eigenvalue weighted by Gasteiger charge is 2.07. The largest absolute Gasteiger partial charge is 0.491 e. The number of methoxy groups -OCH3 is 1. The summed E-state index contributed by atoms with van der Waals surface area (Å²) in [6.07, 6.45) is 0. The second kappa shape index (κ2) is 14.8. The summed E-state index contributed by atoms with van der Waals surface area (Å²) in [5.74, 6) is 1.53. The number of hydrogen-bond donors (Lipinski definition) is 2. The maximum atomic E-state index is 12.4. The number of nitrogens with zero attached hydrogens (tertiary/aromatic N) is 1. The van der Waals surface area contributed by atoms with Gasteiger partial charge >= 0.3 is 6.61 Å². The van der Waals surface area contributed by atoms with E-state index in [9.17, 15) is 8.78 Å². The first-order valence-electron chi connectivity index (χ1n) is 9.79. The molecule has 0 aliphatic heterocycles. The molecule has 0 aliphatic rings. The van der Waals surface area contributed by atoms with Gasteiger partial charge in [0, 0.05) is 25.8 Å². The summed E-state index contributed by atoms with van der Waals surface area (Å²) in [5.41, 5.74) is 2.87. The fraction of sp³-hybridized carbons (Fsp3) is 0.409. The Morgan fingerprint density at radius 1 is 1.10 bits per heavy atom. The molecule has 0 unspecified atom stereocenters. The van der Waals surface area contributed by atoms with E-state index >= 15 is 0 Å². The maximum Gasteiger partial charge on any atom is 0.387 e. The molecule has 0 aliphatic carbocycles. The van der Waals surface area contributed by atoms with Crippen molar-refractivity contribution in [2.45, 2.75) is 33.5 Å². The van der Waals surface area contributed by atoms with E-state index in [1.807, 2.05) is 38.1 Å². The van der Waals surface area contributed by atoms with Gasteiger partial charge in [0.15, 0.2) is 5.96 Å². The van der Waals surface area contributed by atoms with Crippen LogP contribution in [0, 0.1) is 6.92 Å². The molecule has 0 heterocycles. The number of benzene rings is 2. The van der Waals surface area contributed by atoms with Crippen molar-refractivity contribution in [2.24, 2.45) is 4.99 Å². The molecule has 2 rings (SSSR count). The van der Waals surface area contributed by atoms with Gasteiger partial charge in [-0.15, -0.1) is 24.0 Å². The molecule has 2 aromatic carbocycles. The Kier molecular flexibility index (Phi) is 12.8. The molecule has 2 N–H and O–H groups in total. The van der Waals surface area contributed by atoms with Gasteiger partial charge in [-0.1, -0.05) is 24.3 Å². The number of nitrogens with one attached hydrogen (secondary N) is 2. The average Bonchev–Trinajstić information content (AvgIpc) is 2.71.